The highest BCUT2D eigenvalue weighted by Crippen LogP contribution is 2.11. The lowest BCUT2D eigenvalue weighted by Gasteiger charge is -2.26. The van der Waals surface area contributed by atoms with Crippen molar-refractivity contribution in [1.82, 2.24) is 14.9 Å². The minimum absolute atomic E-state index is 0.394. The first-order valence-electron chi connectivity index (χ1n) is 6.02. The molecule has 0 aliphatic rings. The Kier molecular flexibility index (Phi) is 4.69. The molecule has 2 N–H and O–H groups in total. The lowest BCUT2D eigenvalue weighted by molar-refractivity contribution is -0.144. The molecule has 5 heteroatoms. The molecule has 0 aliphatic heterocycles. The van der Waals surface area contributed by atoms with Crippen molar-refractivity contribution >= 4 is 5.97 Å². The van der Waals surface area contributed by atoms with Crippen LogP contribution in [0.3, 0.4) is 0 Å². The van der Waals surface area contributed by atoms with Crippen molar-refractivity contribution in [2.75, 3.05) is 6.54 Å². The molecule has 0 aliphatic carbocycles. The minimum atomic E-state index is -0.946. The number of hydrogen-bond acceptors (Lipinski definition) is 3. The Balaban J connectivity index is 2.86. The lowest BCUT2D eigenvalue weighted by atomic mass is 10.0. The van der Waals surface area contributed by atoms with Crippen LogP contribution in [0.1, 0.15) is 33.0 Å². The van der Waals surface area contributed by atoms with Crippen LogP contribution < -0.4 is 5.32 Å². The van der Waals surface area contributed by atoms with E-state index in [4.69, 9.17) is 0 Å². The third-order valence-electron chi connectivity index (χ3n) is 2.80. The van der Waals surface area contributed by atoms with Gasteiger partial charge in [0.1, 0.15) is 11.4 Å². The number of aromatic nitrogens is 2. The molecule has 0 spiro atoms. The maximum atomic E-state index is 11.3. The second-order valence-electron chi connectivity index (χ2n) is 4.39. The van der Waals surface area contributed by atoms with E-state index in [0.717, 1.165) is 18.7 Å². The molecule has 0 aromatic carbocycles. The Morgan fingerprint density at radius 2 is 2.29 bits per heavy atom. The zero-order chi connectivity index (χ0) is 12.9. The summed E-state index contributed by atoms with van der Waals surface area (Å²) in [6, 6.07) is 0. The maximum absolute atomic E-state index is 11.3. The van der Waals surface area contributed by atoms with Gasteiger partial charge in [-0.05, 0) is 19.9 Å². The highest BCUT2D eigenvalue weighted by molar-refractivity contribution is 5.78. The molecular weight excluding hydrogens is 218 g/mol. The Hall–Kier alpha value is -1.36. The summed E-state index contributed by atoms with van der Waals surface area (Å²) in [4.78, 5) is 15.6. The molecule has 5 nitrogen and oxygen atoms in total. The number of imidazole rings is 1. The van der Waals surface area contributed by atoms with E-state index >= 15 is 0 Å². The molecule has 0 fully saturated rings. The highest BCUT2D eigenvalue weighted by atomic mass is 16.4. The van der Waals surface area contributed by atoms with Crippen molar-refractivity contribution in [3.05, 3.63) is 18.2 Å². The number of nitrogens with one attached hydrogen (secondary N) is 1. The molecule has 1 aromatic heterocycles. The van der Waals surface area contributed by atoms with Crippen LogP contribution in [0.4, 0.5) is 0 Å². The Labute approximate surface area is 102 Å². The van der Waals surface area contributed by atoms with Gasteiger partial charge in [0, 0.05) is 18.8 Å². The molecule has 1 heterocycles. The van der Waals surface area contributed by atoms with E-state index in [9.17, 15) is 9.90 Å². The Morgan fingerprint density at radius 1 is 1.59 bits per heavy atom. The smallest absolute Gasteiger partial charge is 0.325 e. The fourth-order valence-corrected chi connectivity index (χ4v) is 1.87. The molecular formula is C12H21N3O2. The fraction of sp³-hybridized carbons (Fsp3) is 0.667. The summed E-state index contributed by atoms with van der Waals surface area (Å²) in [7, 11) is 0. The maximum Gasteiger partial charge on any atom is 0.325 e. The molecule has 17 heavy (non-hydrogen) atoms. The predicted octanol–water partition coefficient (Wildman–Crippen LogP) is 1.29. The van der Waals surface area contributed by atoms with Crippen LogP contribution in [0.2, 0.25) is 0 Å². The van der Waals surface area contributed by atoms with Crippen LogP contribution in [0, 0.1) is 0 Å². The average molecular weight is 239 g/mol. The van der Waals surface area contributed by atoms with Gasteiger partial charge in [0.15, 0.2) is 0 Å². The van der Waals surface area contributed by atoms with Gasteiger partial charge in [-0.15, -0.1) is 0 Å². The first-order chi connectivity index (χ1) is 8.03. The molecule has 0 saturated carbocycles. The topological polar surface area (TPSA) is 67.2 Å². The van der Waals surface area contributed by atoms with Crippen molar-refractivity contribution < 1.29 is 9.90 Å². The first-order valence-corrected chi connectivity index (χ1v) is 6.02. The summed E-state index contributed by atoms with van der Waals surface area (Å²) < 4.78 is 1.92. The van der Waals surface area contributed by atoms with Gasteiger partial charge in [0.05, 0.1) is 6.54 Å². The van der Waals surface area contributed by atoms with Gasteiger partial charge >= 0.3 is 5.97 Å². The quantitative estimate of drug-likeness (QED) is 0.752. The fourth-order valence-electron chi connectivity index (χ4n) is 1.87. The van der Waals surface area contributed by atoms with E-state index in [1.807, 2.05) is 17.7 Å². The number of carboxylic acid groups (broad SMARTS) is 1. The zero-order valence-corrected chi connectivity index (χ0v) is 10.7. The van der Waals surface area contributed by atoms with Crippen LogP contribution in [0.25, 0.3) is 0 Å². The number of carboxylic acids is 1. The molecule has 0 amide bonds. The monoisotopic (exact) mass is 239 g/mol. The van der Waals surface area contributed by atoms with E-state index in [1.54, 1.807) is 13.1 Å². The van der Waals surface area contributed by atoms with Crippen molar-refractivity contribution in [1.29, 1.82) is 0 Å². The minimum Gasteiger partial charge on any atom is -0.480 e. The van der Waals surface area contributed by atoms with Crippen LogP contribution >= 0.6 is 0 Å². The summed E-state index contributed by atoms with van der Waals surface area (Å²) in [5.74, 6) is 0.105. The van der Waals surface area contributed by atoms with Crippen molar-refractivity contribution in [3.63, 3.8) is 0 Å². The largest absolute Gasteiger partial charge is 0.480 e. The second kappa shape index (κ2) is 5.82. The first kappa shape index (κ1) is 13.7. The van der Waals surface area contributed by atoms with E-state index in [-0.39, 0.29) is 0 Å². The summed E-state index contributed by atoms with van der Waals surface area (Å²) in [6.45, 7) is 6.71. The standard InChI is InChI=1S/C12H21N3O2/c1-4-6-10-13-7-8-15(10)9-12(3,11(16)17)14-5-2/h7-8,14H,4-6,9H2,1-3H3,(H,16,17). The summed E-state index contributed by atoms with van der Waals surface area (Å²) in [5, 5.41) is 12.3. The molecule has 1 unspecified atom stereocenters. The summed E-state index contributed by atoms with van der Waals surface area (Å²) in [6.07, 6.45) is 5.43. The lowest BCUT2D eigenvalue weighted by Crippen LogP contribution is -2.52. The van der Waals surface area contributed by atoms with Gasteiger partial charge in [-0.25, -0.2) is 4.98 Å². The van der Waals surface area contributed by atoms with E-state index in [2.05, 4.69) is 17.2 Å². The van der Waals surface area contributed by atoms with Crippen molar-refractivity contribution in [2.45, 2.75) is 45.7 Å². The molecule has 1 aromatic rings. The number of aryl methyl sites for hydroxylation is 1. The van der Waals surface area contributed by atoms with Crippen molar-refractivity contribution in [3.8, 4) is 0 Å². The van der Waals surface area contributed by atoms with Gasteiger partial charge in [0.2, 0.25) is 0 Å². The second-order valence-corrected chi connectivity index (χ2v) is 4.39. The van der Waals surface area contributed by atoms with E-state index in [1.165, 1.54) is 0 Å². The van der Waals surface area contributed by atoms with Crippen molar-refractivity contribution in [2.24, 2.45) is 0 Å². The van der Waals surface area contributed by atoms with Crippen LogP contribution in [-0.2, 0) is 17.8 Å². The van der Waals surface area contributed by atoms with Gasteiger partial charge < -0.3 is 15.0 Å². The van der Waals surface area contributed by atoms with Gasteiger partial charge in [-0.1, -0.05) is 13.8 Å². The molecule has 1 atom stereocenters. The third-order valence-corrected chi connectivity index (χ3v) is 2.80. The SMILES string of the molecule is CCCc1nccn1CC(C)(NCC)C(=O)O. The number of nitrogens with zero attached hydrogens (tertiary/aromatic N) is 2. The third kappa shape index (κ3) is 3.30. The number of hydrogen-bond donors (Lipinski definition) is 2. The van der Waals surface area contributed by atoms with Gasteiger partial charge in [-0.2, -0.15) is 0 Å². The number of carbonyl (C=O) groups is 1. The summed E-state index contributed by atoms with van der Waals surface area (Å²) >= 11 is 0. The van der Waals surface area contributed by atoms with Crippen LogP contribution in [-0.4, -0.2) is 32.7 Å². The van der Waals surface area contributed by atoms with E-state index < -0.39 is 11.5 Å². The van der Waals surface area contributed by atoms with Crippen LogP contribution in [0.5, 0.6) is 0 Å². The van der Waals surface area contributed by atoms with Gasteiger partial charge in [0.25, 0.3) is 0 Å². The number of likely N-dealkylation sites (N-methyl/N-ethyl adjacent to an activating group) is 1. The zero-order valence-electron chi connectivity index (χ0n) is 10.7. The van der Waals surface area contributed by atoms with Crippen LogP contribution in [0.15, 0.2) is 12.4 Å². The molecule has 0 saturated heterocycles. The average Bonchev–Trinajstić information content (AvgIpc) is 2.66. The number of aliphatic carboxylic acids is 1. The summed E-state index contributed by atoms with van der Waals surface area (Å²) in [5.41, 5.74) is -0.946. The Bertz CT molecular complexity index is 376. The van der Waals surface area contributed by atoms with E-state index in [0.29, 0.717) is 13.1 Å². The Morgan fingerprint density at radius 3 is 2.82 bits per heavy atom. The molecule has 96 valence electrons. The molecule has 1 rings (SSSR count). The highest BCUT2D eigenvalue weighted by Gasteiger charge is 2.32. The predicted molar refractivity (Wildman–Crippen MR) is 65.9 cm³/mol. The molecule has 0 bridgehead atoms. The number of rotatable bonds is 7. The normalized spacial score (nSPS) is 14.5. The van der Waals surface area contributed by atoms with Gasteiger partial charge in [-0.3, -0.25) is 4.79 Å². The molecule has 0 radical (unpaired) electrons.